The lowest BCUT2D eigenvalue weighted by molar-refractivity contribution is 0.0414. The number of benzene rings is 1. The first kappa shape index (κ1) is 11.8. The third kappa shape index (κ3) is 2.44. The molecule has 1 aromatic carbocycles. The number of nitrogens with zero attached hydrogens (tertiary/aromatic N) is 1. The van der Waals surface area contributed by atoms with Crippen LogP contribution < -0.4 is 14.8 Å². The standard InChI is InChI=1S/C14H20N2O2/c1-11-8-15-6-7-16(11)9-12-10-17-13-4-2-3-5-14(13)18-12/h2-5,11-12,15H,6-10H2,1H3/t11-,12?/m0/s1. The molecule has 0 saturated carbocycles. The molecule has 18 heavy (non-hydrogen) atoms. The van der Waals surface area contributed by atoms with E-state index in [0.29, 0.717) is 12.6 Å². The normalized spacial score (nSPS) is 28.1. The van der Waals surface area contributed by atoms with Crippen molar-refractivity contribution >= 4 is 0 Å². The van der Waals surface area contributed by atoms with Crippen molar-refractivity contribution < 1.29 is 9.47 Å². The summed E-state index contributed by atoms with van der Waals surface area (Å²) < 4.78 is 11.7. The summed E-state index contributed by atoms with van der Waals surface area (Å²) in [6.45, 7) is 7.05. The molecule has 2 heterocycles. The van der Waals surface area contributed by atoms with Crippen LogP contribution in [-0.4, -0.2) is 49.8 Å². The number of ether oxygens (including phenoxy) is 2. The van der Waals surface area contributed by atoms with Gasteiger partial charge in [-0.3, -0.25) is 4.90 Å². The van der Waals surface area contributed by atoms with E-state index in [2.05, 4.69) is 17.1 Å². The van der Waals surface area contributed by atoms with Gasteiger partial charge in [0.2, 0.25) is 0 Å². The number of rotatable bonds is 2. The SMILES string of the molecule is C[C@H]1CNCCN1CC1COc2ccccc2O1. The van der Waals surface area contributed by atoms with Gasteiger partial charge in [0.15, 0.2) is 11.5 Å². The Hall–Kier alpha value is -1.26. The first-order chi connectivity index (χ1) is 8.83. The Kier molecular flexibility index (Phi) is 3.39. The zero-order chi connectivity index (χ0) is 12.4. The van der Waals surface area contributed by atoms with Gasteiger partial charge in [0, 0.05) is 32.2 Å². The zero-order valence-electron chi connectivity index (χ0n) is 10.8. The molecule has 2 atom stereocenters. The minimum Gasteiger partial charge on any atom is -0.486 e. The molecule has 2 aliphatic rings. The Bertz CT molecular complexity index is 411. The first-order valence-corrected chi connectivity index (χ1v) is 6.66. The van der Waals surface area contributed by atoms with Gasteiger partial charge in [0.05, 0.1) is 0 Å². The van der Waals surface area contributed by atoms with E-state index in [0.717, 1.165) is 37.7 Å². The minimum atomic E-state index is 0.139. The number of para-hydroxylation sites is 2. The topological polar surface area (TPSA) is 33.7 Å². The van der Waals surface area contributed by atoms with E-state index < -0.39 is 0 Å². The third-order valence-corrected chi connectivity index (χ3v) is 3.64. The van der Waals surface area contributed by atoms with Crippen LogP contribution in [0.5, 0.6) is 11.5 Å². The van der Waals surface area contributed by atoms with Crippen molar-refractivity contribution in [2.24, 2.45) is 0 Å². The van der Waals surface area contributed by atoms with Crippen molar-refractivity contribution in [1.29, 1.82) is 0 Å². The third-order valence-electron chi connectivity index (χ3n) is 3.64. The Labute approximate surface area is 108 Å². The highest BCUT2D eigenvalue weighted by Gasteiger charge is 2.26. The van der Waals surface area contributed by atoms with Crippen LogP contribution in [0, 0.1) is 0 Å². The largest absolute Gasteiger partial charge is 0.486 e. The van der Waals surface area contributed by atoms with Crippen molar-refractivity contribution in [1.82, 2.24) is 10.2 Å². The number of hydrogen-bond acceptors (Lipinski definition) is 4. The van der Waals surface area contributed by atoms with Gasteiger partial charge >= 0.3 is 0 Å². The lowest BCUT2D eigenvalue weighted by Crippen LogP contribution is -2.53. The summed E-state index contributed by atoms with van der Waals surface area (Å²) in [5.41, 5.74) is 0. The molecular formula is C14H20N2O2. The highest BCUT2D eigenvalue weighted by molar-refractivity contribution is 5.40. The first-order valence-electron chi connectivity index (χ1n) is 6.66. The summed E-state index contributed by atoms with van der Waals surface area (Å²) >= 11 is 0. The summed E-state index contributed by atoms with van der Waals surface area (Å²) in [6.07, 6.45) is 0.139. The second kappa shape index (κ2) is 5.16. The lowest BCUT2D eigenvalue weighted by atomic mass is 10.2. The summed E-state index contributed by atoms with van der Waals surface area (Å²) in [4.78, 5) is 2.47. The molecule has 1 N–H and O–H groups in total. The maximum atomic E-state index is 6.00. The Morgan fingerprint density at radius 3 is 3.00 bits per heavy atom. The zero-order valence-corrected chi connectivity index (χ0v) is 10.8. The Morgan fingerprint density at radius 2 is 2.17 bits per heavy atom. The molecule has 4 nitrogen and oxygen atoms in total. The van der Waals surface area contributed by atoms with Crippen LogP contribution in [0.3, 0.4) is 0 Å². The molecule has 1 fully saturated rings. The van der Waals surface area contributed by atoms with Crippen molar-refractivity contribution in [2.75, 3.05) is 32.8 Å². The average molecular weight is 248 g/mol. The fourth-order valence-electron chi connectivity index (χ4n) is 2.57. The number of nitrogens with one attached hydrogen (secondary N) is 1. The van der Waals surface area contributed by atoms with Crippen LogP contribution in [-0.2, 0) is 0 Å². The van der Waals surface area contributed by atoms with Gasteiger partial charge in [-0.05, 0) is 19.1 Å². The summed E-state index contributed by atoms with van der Waals surface area (Å²) in [6, 6.07) is 8.46. The predicted molar refractivity (Wildman–Crippen MR) is 70.3 cm³/mol. The van der Waals surface area contributed by atoms with E-state index in [1.54, 1.807) is 0 Å². The molecule has 2 aliphatic heterocycles. The van der Waals surface area contributed by atoms with Crippen LogP contribution in [0.1, 0.15) is 6.92 Å². The van der Waals surface area contributed by atoms with Crippen molar-refractivity contribution in [3.8, 4) is 11.5 Å². The van der Waals surface area contributed by atoms with Crippen LogP contribution in [0.15, 0.2) is 24.3 Å². The molecule has 0 bridgehead atoms. The van der Waals surface area contributed by atoms with Gasteiger partial charge in [0.1, 0.15) is 12.7 Å². The smallest absolute Gasteiger partial charge is 0.161 e. The van der Waals surface area contributed by atoms with Crippen LogP contribution in [0.4, 0.5) is 0 Å². The second-order valence-electron chi connectivity index (χ2n) is 5.05. The number of hydrogen-bond donors (Lipinski definition) is 1. The number of piperazine rings is 1. The molecule has 1 saturated heterocycles. The van der Waals surface area contributed by atoms with Crippen LogP contribution in [0.2, 0.25) is 0 Å². The lowest BCUT2D eigenvalue weighted by Gasteiger charge is -2.37. The molecule has 0 radical (unpaired) electrons. The molecule has 0 spiro atoms. The Balaban J connectivity index is 1.62. The molecule has 0 aliphatic carbocycles. The number of fused-ring (bicyclic) bond motifs is 1. The molecular weight excluding hydrogens is 228 g/mol. The molecule has 1 unspecified atom stereocenters. The molecule has 0 aromatic heterocycles. The highest BCUT2D eigenvalue weighted by atomic mass is 16.6. The van der Waals surface area contributed by atoms with Crippen molar-refractivity contribution in [3.05, 3.63) is 24.3 Å². The van der Waals surface area contributed by atoms with E-state index in [9.17, 15) is 0 Å². The summed E-state index contributed by atoms with van der Waals surface area (Å²) in [5, 5.41) is 3.40. The molecule has 0 amide bonds. The van der Waals surface area contributed by atoms with Gasteiger partial charge < -0.3 is 14.8 Å². The highest BCUT2D eigenvalue weighted by Crippen LogP contribution is 2.31. The fourth-order valence-corrected chi connectivity index (χ4v) is 2.57. The maximum absolute atomic E-state index is 6.00. The van der Waals surface area contributed by atoms with Gasteiger partial charge in [-0.15, -0.1) is 0 Å². The maximum Gasteiger partial charge on any atom is 0.161 e. The minimum absolute atomic E-state index is 0.139. The van der Waals surface area contributed by atoms with Gasteiger partial charge in [-0.25, -0.2) is 0 Å². The quantitative estimate of drug-likeness (QED) is 0.850. The molecule has 1 aromatic rings. The molecule has 3 rings (SSSR count). The fraction of sp³-hybridized carbons (Fsp3) is 0.571. The summed E-state index contributed by atoms with van der Waals surface area (Å²) in [5.74, 6) is 1.73. The van der Waals surface area contributed by atoms with Crippen molar-refractivity contribution in [3.63, 3.8) is 0 Å². The van der Waals surface area contributed by atoms with Crippen molar-refractivity contribution in [2.45, 2.75) is 19.1 Å². The van der Waals surface area contributed by atoms with E-state index in [-0.39, 0.29) is 6.10 Å². The van der Waals surface area contributed by atoms with E-state index >= 15 is 0 Å². The average Bonchev–Trinajstić information content (AvgIpc) is 2.41. The monoisotopic (exact) mass is 248 g/mol. The molecule has 98 valence electrons. The van der Waals surface area contributed by atoms with Gasteiger partial charge in [-0.1, -0.05) is 12.1 Å². The second-order valence-corrected chi connectivity index (χ2v) is 5.05. The summed E-state index contributed by atoms with van der Waals surface area (Å²) in [7, 11) is 0. The van der Waals surface area contributed by atoms with Gasteiger partial charge in [0.25, 0.3) is 0 Å². The Morgan fingerprint density at radius 1 is 1.33 bits per heavy atom. The van der Waals surface area contributed by atoms with Gasteiger partial charge in [-0.2, -0.15) is 0 Å². The van der Waals surface area contributed by atoms with Crippen LogP contribution in [0.25, 0.3) is 0 Å². The van der Waals surface area contributed by atoms with E-state index in [1.807, 2.05) is 24.3 Å². The molecule has 4 heteroatoms. The van der Waals surface area contributed by atoms with E-state index in [4.69, 9.17) is 9.47 Å². The van der Waals surface area contributed by atoms with E-state index in [1.165, 1.54) is 0 Å². The predicted octanol–water partition coefficient (Wildman–Crippen LogP) is 1.12. The van der Waals surface area contributed by atoms with Crippen LogP contribution >= 0.6 is 0 Å².